The molecule has 0 saturated heterocycles. The van der Waals surface area contributed by atoms with E-state index in [9.17, 15) is 0 Å². The highest BCUT2D eigenvalue weighted by Crippen LogP contribution is 2.24. The lowest BCUT2D eigenvalue weighted by atomic mass is 10.1. The van der Waals surface area contributed by atoms with Crippen molar-refractivity contribution in [1.29, 1.82) is 5.26 Å². The number of nitriles is 1. The maximum atomic E-state index is 8.79. The van der Waals surface area contributed by atoms with E-state index in [1.54, 1.807) is 11.3 Å². The lowest BCUT2D eigenvalue weighted by Gasteiger charge is -2.17. The first-order valence-corrected chi connectivity index (χ1v) is 8.19. The molecule has 1 aromatic carbocycles. The molecule has 1 aliphatic heterocycles. The van der Waals surface area contributed by atoms with E-state index >= 15 is 0 Å². The summed E-state index contributed by atoms with van der Waals surface area (Å²) in [5.41, 5.74) is 8.78. The van der Waals surface area contributed by atoms with Crippen LogP contribution in [0, 0.1) is 11.3 Å². The van der Waals surface area contributed by atoms with Gasteiger partial charge in [-0.25, -0.2) is 4.98 Å². The molecule has 2 N–H and O–H groups in total. The van der Waals surface area contributed by atoms with Crippen LogP contribution < -0.4 is 5.73 Å². The van der Waals surface area contributed by atoms with Crippen molar-refractivity contribution in [1.82, 2.24) is 9.88 Å². The van der Waals surface area contributed by atoms with Gasteiger partial charge in [-0.05, 0) is 24.1 Å². The van der Waals surface area contributed by atoms with Crippen LogP contribution in [0.25, 0.3) is 6.08 Å². The van der Waals surface area contributed by atoms with Gasteiger partial charge in [0, 0.05) is 30.9 Å². The standard InChI is InChI=1S/C17H18N4S/c18-12-14-5-3-13(4-6-14)2-1-9-21-10-7-15-16(8-11-21)22-17(19)20-15/h1-6H,7-11H2,(H2,19,20)/b2-1+. The number of thiazole rings is 1. The van der Waals surface area contributed by atoms with Crippen molar-refractivity contribution in [2.24, 2.45) is 0 Å². The van der Waals surface area contributed by atoms with Crippen LogP contribution in [0.15, 0.2) is 30.3 Å². The zero-order valence-electron chi connectivity index (χ0n) is 12.3. The summed E-state index contributed by atoms with van der Waals surface area (Å²) >= 11 is 1.63. The van der Waals surface area contributed by atoms with Gasteiger partial charge in [-0.1, -0.05) is 24.3 Å². The average Bonchev–Trinajstić information content (AvgIpc) is 2.80. The first kappa shape index (κ1) is 14.8. The quantitative estimate of drug-likeness (QED) is 0.946. The van der Waals surface area contributed by atoms with Crippen LogP contribution in [0.1, 0.15) is 21.7 Å². The predicted octanol–water partition coefficient (Wildman–Crippen LogP) is 2.71. The average molecular weight is 310 g/mol. The molecular formula is C17H18N4S. The van der Waals surface area contributed by atoms with Gasteiger partial charge >= 0.3 is 0 Å². The van der Waals surface area contributed by atoms with Gasteiger partial charge in [0.2, 0.25) is 0 Å². The molecule has 5 heteroatoms. The van der Waals surface area contributed by atoms with Crippen LogP contribution in [-0.2, 0) is 12.8 Å². The Hall–Kier alpha value is -2.16. The summed E-state index contributed by atoms with van der Waals surface area (Å²) in [6.45, 7) is 3.00. The van der Waals surface area contributed by atoms with E-state index in [-0.39, 0.29) is 0 Å². The third-order valence-electron chi connectivity index (χ3n) is 3.83. The number of rotatable bonds is 3. The Balaban J connectivity index is 1.54. The van der Waals surface area contributed by atoms with Crippen LogP contribution in [0.3, 0.4) is 0 Å². The summed E-state index contributed by atoms with van der Waals surface area (Å²) in [5.74, 6) is 0. The first-order chi connectivity index (χ1) is 10.7. The zero-order chi connectivity index (χ0) is 15.4. The maximum absolute atomic E-state index is 8.79. The van der Waals surface area contributed by atoms with Crippen molar-refractivity contribution in [3.05, 3.63) is 52.0 Å². The number of anilines is 1. The molecular weight excluding hydrogens is 292 g/mol. The fourth-order valence-electron chi connectivity index (χ4n) is 2.62. The third-order valence-corrected chi connectivity index (χ3v) is 4.81. The number of hydrogen-bond donors (Lipinski definition) is 1. The monoisotopic (exact) mass is 310 g/mol. The minimum Gasteiger partial charge on any atom is -0.375 e. The summed E-state index contributed by atoms with van der Waals surface area (Å²) in [4.78, 5) is 8.19. The molecule has 22 heavy (non-hydrogen) atoms. The van der Waals surface area contributed by atoms with Gasteiger partial charge in [0.15, 0.2) is 5.13 Å². The summed E-state index contributed by atoms with van der Waals surface area (Å²) in [6.07, 6.45) is 6.31. The van der Waals surface area contributed by atoms with E-state index in [4.69, 9.17) is 11.0 Å². The van der Waals surface area contributed by atoms with Gasteiger partial charge in [0.1, 0.15) is 0 Å². The number of nitrogens with zero attached hydrogens (tertiary/aromatic N) is 3. The van der Waals surface area contributed by atoms with E-state index in [2.05, 4.69) is 28.1 Å². The number of benzene rings is 1. The minimum absolute atomic E-state index is 0.694. The lowest BCUT2D eigenvalue weighted by molar-refractivity contribution is 0.318. The maximum Gasteiger partial charge on any atom is 0.180 e. The van der Waals surface area contributed by atoms with Crippen LogP contribution in [0.5, 0.6) is 0 Å². The molecule has 0 unspecified atom stereocenters. The molecule has 4 nitrogen and oxygen atoms in total. The Bertz CT molecular complexity index is 684. The molecule has 2 heterocycles. The summed E-state index contributed by atoms with van der Waals surface area (Å²) in [5, 5.41) is 9.48. The molecule has 1 aliphatic rings. The predicted molar refractivity (Wildman–Crippen MR) is 90.6 cm³/mol. The third kappa shape index (κ3) is 3.53. The molecule has 0 atom stereocenters. The second kappa shape index (κ2) is 6.73. The Labute approximate surface area is 134 Å². The molecule has 0 radical (unpaired) electrons. The fraction of sp³-hybridized carbons (Fsp3) is 0.294. The van der Waals surface area contributed by atoms with Gasteiger partial charge in [-0.3, -0.25) is 4.90 Å². The molecule has 0 fully saturated rings. The van der Waals surface area contributed by atoms with Gasteiger partial charge < -0.3 is 5.73 Å². The van der Waals surface area contributed by atoms with Crippen molar-refractivity contribution in [2.45, 2.75) is 12.8 Å². The van der Waals surface area contributed by atoms with Crippen LogP contribution in [0.2, 0.25) is 0 Å². The second-order valence-corrected chi connectivity index (χ2v) is 6.47. The molecule has 0 amide bonds. The van der Waals surface area contributed by atoms with Crippen LogP contribution >= 0.6 is 11.3 Å². The molecule has 0 aliphatic carbocycles. The van der Waals surface area contributed by atoms with Crippen LogP contribution in [-0.4, -0.2) is 29.5 Å². The molecule has 2 aromatic rings. The summed E-state index contributed by atoms with van der Waals surface area (Å²) in [6, 6.07) is 9.77. The number of aromatic nitrogens is 1. The van der Waals surface area contributed by atoms with Crippen molar-refractivity contribution in [3.63, 3.8) is 0 Å². The second-order valence-electron chi connectivity index (χ2n) is 5.36. The largest absolute Gasteiger partial charge is 0.375 e. The van der Waals surface area contributed by atoms with Gasteiger partial charge in [0.05, 0.1) is 17.3 Å². The fourth-order valence-corrected chi connectivity index (χ4v) is 3.49. The van der Waals surface area contributed by atoms with Crippen molar-refractivity contribution in [3.8, 4) is 6.07 Å². The van der Waals surface area contributed by atoms with Crippen molar-refractivity contribution < 1.29 is 0 Å². The highest BCUT2D eigenvalue weighted by atomic mass is 32.1. The van der Waals surface area contributed by atoms with E-state index in [1.165, 1.54) is 10.6 Å². The van der Waals surface area contributed by atoms with E-state index in [0.29, 0.717) is 10.7 Å². The Morgan fingerprint density at radius 3 is 2.82 bits per heavy atom. The topological polar surface area (TPSA) is 65.9 Å². The zero-order valence-corrected chi connectivity index (χ0v) is 13.1. The Morgan fingerprint density at radius 2 is 2.05 bits per heavy atom. The Kier molecular flexibility index (Phi) is 4.52. The number of nitrogen functional groups attached to an aromatic ring is 1. The SMILES string of the molecule is N#Cc1ccc(/C=C/CN2CCc3nc(N)sc3CC2)cc1. The molecule has 0 bridgehead atoms. The number of nitrogens with two attached hydrogens (primary N) is 1. The molecule has 0 saturated carbocycles. The first-order valence-electron chi connectivity index (χ1n) is 7.38. The lowest BCUT2D eigenvalue weighted by Crippen LogP contribution is -2.26. The molecule has 112 valence electrons. The summed E-state index contributed by atoms with van der Waals surface area (Å²) in [7, 11) is 0. The van der Waals surface area contributed by atoms with E-state index < -0.39 is 0 Å². The molecule has 3 rings (SSSR count). The number of fused-ring (bicyclic) bond motifs is 1. The van der Waals surface area contributed by atoms with Gasteiger partial charge in [-0.15, -0.1) is 11.3 Å². The highest BCUT2D eigenvalue weighted by molar-refractivity contribution is 7.15. The van der Waals surface area contributed by atoms with Gasteiger partial charge in [0.25, 0.3) is 0 Å². The van der Waals surface area contributed by atoms with Crippen molar-refractivity contribution >= 4 is 22.5 Å². The van der Waals surface area contributed by atoms with Crippen LogP contribution in [0.4, 0.5) is 5.13 Å². The van der Waals surface area contributed by atoms with Crippen molar-refractivity contribution in [2.75, 3.05) is 25.4 Å². The highest BCUT2D eigenvalue weighted by Gasteiger charge is 2.16. The summed E-state index contributed by atoms with van der Waals surface area (Å²) < 4.78 is 0. The molecule has 0 spiro atoms. The normalized spacial score (nSPS) is 15.4. The van der Waals surface area contributed by atoms with E-state index in [0.717, 1.165) is 38.0 Å². The van der Waals surface area contributed by atoms with E-state index in [1.807, 2.05) is 24.3 Å². The molecule has 1 aromatic heterocycles. The Morgan fingerprint density at radius 1 is 1.27 bits per heavy atom. The number of hydrogen-bond acceptors (Lipinski definition) is 5. The van der Waals surface area contributed by atoms with Gasteiger partial charge in [-0.2, -0.15) is 5.26 Å². The smallest absolute Gasteiger partial charge is 0.180 e. The minimum atomic E-state index is 0.694.